The van der Waals surface area contributed by atoms with Crippen LogP contribution in [0.5, 0.6) is 0 Å². The van der Waals surface area contributed by atoms with Gasteiger partial charge < -0.3 is 9.80 Å². The van der Waals surface area contributed by atoms with Crippen LogP contribution in [0.25, 0.3) is 0 Å². The second-order valence-corrected chi connectivity index (χ2v) is 4.90. The lowest BCUT2D eigenvalue weighted by Gasteiger charge is -2.14. The average Bonchev–Trinajstić information content (AvgIpc) is 3.01. The first-order valence-electron chi connectivity index (χ1n) is 6.78. The van der Waals surface area contributed by atoms with E-state index in [0.717, 1.165) is 38.0 Å². The summed E-state index contributed by atoms with van der Waals surface area (Å²) in [4.78, 5) is 25.4. The van der Waals surface area contributed by atoms with Gasteiger partial charge in [0.05, 0.1) is 0 Å². The number of carbonyl (C=O) groups is 2. The Morgan fingerprint density at radius 1 is 0.895 bits per heavy atom. The number of nitrogens with zero attached hydrogens (tertiary/aromatic N) is 2. The smallest absolute Gasteiger partial charge is 0.227 e. The van der Waals surface area contributed by atoms with Crippen LogP contribution in [-0.4, -0.2) is 36.9 Å². The number of amides is 2. The van der Waals surface area contributed by atoms with E-state index >= 15 is 0 Å². The lowest BCUT2D eigenvalue weighted by molar-refractivity contribution is -0.126. The first-order valence-corrected chi connectivity index (χ1v) is 6.78. The van der Waals surface area contributed by atoms with E-state index in [4.69, 9.17) is 0 Å². The van der Waals surface area contributed by atoms with E-state index in [-0.39, 0.29) is 5.91 Å². The summed E-state index contributed by atoms with van der Waals surface area (Å²) in [5.74, 6) is 0.543. The van der Waals surface area contributed by atoms with Crippen LogP contribution in [0.1, 0.15) is 25.7 Å². The molecule has 3 rings (SSSR count). The maximum Gasteiger partial charge on any atom is 0.227 e. The van der Waals surface area contributed by atoms with Crippen molar-refractivity contribution in [2.45, 2.75) is 25.7 Å². The Morgan fingerprint density at radius 2 is 1.53 bits per heavy atom. The van der Waals surface area contributed by atoms with Crippen molar-refractivity contribution in [1.29, 1.82) is 0 Å². The van der Waals surface area contributed by atoms with Gasteiger partial charge in [0.15, 0.2) is 0 Å². The highest BCUT2D eigenvalue weighted by molar-refractivity contribution is 5.95. The molecular formula is C15H20N2O2. The zero-order valence-corrected chi connectivity index (χ0v) is 11.3. The predicted molar refractivity (Wildman–Crippen MR) is 74.9 cm³/mol. The summed E-state index contributed by atoms with van der Waals surface area (Å²) in [6, 6.07) is 9.83. The molecule has 0 N–H and O–H groups in total. The van der Waals surface area contributed by atoms with Crippen LogP contribution in [0, 0.1) is 0 Å². The van der Waals surface area contributed by atoms with Crippen LogP contribution < -0.4 is 4.90 Å². The largest absolute Gasteiger partial charge is 0.346 e. The summed E-state index contributed by atoms with van der Waals surface area (Å²) >= 11 is 0. The van der Waals surface area contributed by atoms with E-state index < -0.39 is 0 Å². The quantitative estimate of drug-likeness (QED) is 0.775. The summed E-state index contributed by atoms with van der Waals surface area (Å²) in [5, 5.41) is 0. The van der Waals surface area contributed by atoms with Crippen LogP contribution in [0.15, 0.2) is 30.3 Å². The second-order valence-electron chi connectivity index (χ2n) is 4.90. The van der Waals surface area contributed by atoms with Gasteiger partial charge in [-0.25, -0.2) is 0 Å². The number of hydrogen-bond donors (Lipinski definition) is 0. The first-order chi connectivity index (χ1) is 9.18. The molecule has 2 amide bonds. The van der Waals surface area contributed by atoms with Crippen molar-refractivity contribution < 1.29 is 9.59 Å². The van der Waals surface area contributed by atoms with Crippen molar-refractivity contribution in [1.82, 2.24) is 4.90 Å². The lowest BCUT2D eigenvalue weighted by atomic mass is 10.3. The molecule has 0 atom stereocenters. The lowest BCUT2D eigenvalue weighted by Crippen LogP contribution is -2.23. The van der Waals surface area contributed by atoms with Crippen LogP contribution >= 0.6 is 0 Å². The average molecular weight is 260 g/mol. The number of benzene rings is 1. The number of anilines is 1. The summed E-state index contributed by atoms with van der Waals surface area (Å²) in [5.41, 5.74) is 1.03. The molecule has 4 nitrogen and oxygen atoms in total. The van der Waals surface area contributed by atoms with E-state index in [0.29, 0.717) is 12.3 Å². The summed E-state index contributed by atoms with van der Waals surface area (Å²) < 4.78 is 0. The van der Waals surface area contributed by atoms with Crippen LogP contribution in [0.2, 0.25) is 0 Å². The Morgan fingerprint density at radius 3 is 1.95 bits per heavy atom. The van der Waals surface area contributed by atoms with Crippen molar-refractivity contribution in [2.75, 3.05) is 25.0 Å². The minimum Gasteiger partial charge on any atom is -0.346 e. The second kappa shape index (κ2) is 6.36. The Hall–Kier alpha value is -1.84. The zero-order chi connectivity index (χ0) is 13.7. The Balaban J connectivity index is 0.000000163. The fraction of sp³-hybridized carbons (Fsp3) is 0.467. The maximum atomic E-state index is 11.3. The number of para-hydroxylation sites is 1. The van der Waals surface area contributed by atoms with Crippen molar-refractivity contribution in [3.8, 4) is 0 Å². The number of likely N-dealkylation sites (tertiary alicyclic amines) is 1. The molecule has 1 aromatic rings. The van der Waals surface area contributed by atoms with E-state index in [2.05, 4.69) is 0 Å². The van der Waals surface area contributed by atoms with Gasteiger partial charge in [-0.1, -0.05) is 18.2 Å². The number of carbonyl (C=O) groups excluding carboxylic acids is 2. The van der Waals surface area contributed by atoms with Crippen LogP contribution in [0.3, 0.4) is 0 Å². The maximum absolute atomic E-state index is 11.3. The summed E-state index contributed by atoms with van der Waals surface area (Å²) in [6.45, 7) is 1.84. The van der Waals surface area contributed by atoms with Gasteiger partial charge in [-0.05, 0) is 25.0 Å². The molecule has 2 aliphatic heterocycles. The van der Waals surface area contributed by atoms with E-state index in [1.165, 1.54) is 0 Å². The van der Waals surface area contributed by atoms with Gasteiger partial charge in [-0.3, -0.25) is 9.59 Å². The SMILES string of the molecule is CN1CCCC1=O.O=C1CCCN1c1ccccc1. The molecule has 1 aromatic carbocycles. The molecule has 0 aliphatic carbocycles. The van der Waals surface area contributed by atoms with Gasteiger partial charge in [0.1, 0.15) is 0 Å². The van der Waals surface area contributed by atoms with Crippen molar-refractivity contribution in [2.24, 2.45) is 0 Å². The molecule has 0 radical (unpaired) electrons. The third kappa shape index (κ3) is 3.56. The van der Waals surface area contributed by atoms with Crippen molar-refractivity contribution in [3.63, 3.8) is 0 Å². The molecule has 2 saturated heterocycles. The molecule has 0 spiro atoms. The van der Waals surface area contributed by atoms with Gasteiger partial charge in [0, 0.05) is 38.7 Å². The molecule has 19 heavy (non-hydrogen) atoms. The number of rotatable bonds is 1. The van der Waals surface area contributed by atoms with Crippen molar-refractivity contribution >= 4 is 17.5 Å². The summed E-state index contributed by atoms with van der Waals surface area (Å²) in [6.07, 6.45) is 3.51. The first kappa shape index (κ1) is 13.6. The zero-order valence-electron chi connectivity index (χ0n) is 11.3. The van der Waals surface area contributed by atoms with Gasteiger partial charge in [-0.2, -0.15) is 0 Å². The van der Waals surface area contributed by atoms with Gasteiger partial charge in [-0.15, -0.1) is 0 Å². The summed E-state index contributed by atoms with van der Waals surface area (Å²) in [7, 11) is 1.84. The molecule has 0 aromatic heterocycles. The van der Waals surface area contributed by atoms with Crippen molar-refractivity contribution in [3.05, 3.63) is 30.3 Å². The minimum atomic E-state index is 0.251. The third-order valence-corrected chi connectivity index (χ3v) is 3.45. The fourth-order valence-electron chi connectivity index (χ4n) is 2.31. The molecule has 0 bridgehead atoms. The van der Waals surface area contributed by atoms with Gasteiger partial charge >= 0.3 is 0 Å². The Bertz CT molecular complexity index is 445. The van der Waals surface area contributed by atoms with Gasteiger partial charge in [0.25, 0.3) is 0 Å². The normalized spacial score (nSPS) is 18.6. The molecule has 102 valence electrons. The number of hydrogen-bond acceptors (Lipinski definition) is 2. The monoisotopic (exact) mass is 260 g/mol. The Labute approximate surface area is 114 Å². The predicted octanol–water partition coefficient (Wildman–Crippen LogP) is 2.05. The molecule has 0 unspecified atom stereocenters. The molecule has 2 fully saturated rings. The highest BCUT2D eigenvalue weighted by Gasteiger charge is 2.20. The highest BCUT2D eigenvalue weighted by Crippen LogP contribution is 2.19. The minimum absolute atomic E-state index is 0.251. The molecule has 0 saturated carbocycles. The van der Waals surface area contributed by atoms with Crippen LogP contribution in [0.4, 0.5) is 5.69 Å². The molecular weight excluding hydrogens is 240 g/mol. The van der Waals surface area contributed by atoms with E-state index in [1.807, 2.05) is 42.3 Å². The van der Waals surface area contributed by atoms with E-state index in [9.17, 15) is 9.59 Å². The highest BCUT2D eigenvalue weighted by atomic mass is 16.2. The standard InChI is InChI=1S/C10H11NO.C5H9NO/c12-10-7-4-8-11(10)9-5-2-1-3-6-9;1-6-4-2-3-5(6)7/h1-3,5-6H,4,7-8H2;2-4H2,1H3. The van der Waals surface area contributed by atoms with Gasteiger partial charge in [0.2, 0.25) is 11.8 Å². The van der Waals surface area contributed by atoms with Crippen LogP contribution in [-0.2, 0) is 9.59 Å². The van der Waals surface area contributed by atoms with E-state index in [1.54, 1.807) is 4.90 Å². The topological polar surface area (TPSA) is 40.6 Å². The fourth-order valence-corrected chi connectivity index (χ4v) is 2.31. The molecule has 4 heteroatoms. The molecule has 2 aliphatic rings. The third-order valence-electron chi connectivity index (χ3n) is 3.45. The molecule has 2 heterocycles. The Kier molecular flexibility index (Phi) is 4.55.